The zero-order valence-corrected chi connectivity index (χ0v) is 30.1. The van der Waals surface area contributed by atoms with Crippen molar-refractivity contribution in [2.45, 2.75) is 154 Å². The van der Waals surface area contributed by atoms with E-state index < -0.39 is 51.8 Å². The van der Waals surface area contributed by atoms with Crippen LogP contribution in [0.2, 0.25) is 0 Å². The average molecular weight is 689 g/mol. The number of hydrogen-bond acceptors (Lipinski definition) is 9. The third-order valence-electron chi connectivity index (χ3n) is 7.31. The highest BCUT2D eigenvalue weighted by Gasteiger charge is 2.27. The van der Waals surface area contributed by atoms with E-state index >= 15 is 0 Å². The number of aliphatic hydroxyl groups excluding tert-OH is 2. The normalized spacial score (nSPS) is 14.6. The fourth-order valence-corrected chi connectivity index (χ4v) is 5.32. The molecule has 0 amide bonds. The Morgan fingerprint density at radius 3 is 1.77 bits per heavy atom. The Morgan fingerprint density at radius 1 is 0.660 bits per heavy atom. The van der Waals surface area contributed by atoms with Gasteiger partial charge in [0.25, 0.3) is 0 Å². The van der Waals surface area contributed by atoms with E-state index in [2.05, 4.69) is 54.8 Å². The molecule has 10 nitrogen and oxygen atoms in total. The van der Waals surface area contributed by atoms with Gasteiger partial charge < -0.3 is 24.6 Å². The van der Waals surface area contributed by atoms with Crippen molar-refractivity contribution >= 4 is 19.8 Å². The van der Waals surface area contributed by atoms with Gasteiger partial charge in [0.2, 0.25) is 0 Å². The summed E-state index contributed by atoms with van der Waals surface area (Å²) in [6.45, 7) is 2.19. The molecule has 0 aliphatic heterocycles. The van der Waals surface area contributed by atoms with Crippen LogP contribution in [0.15, 0.2) is 36.5 Å². The van der Waals surface area contributed by atoms with E-state index in [1.54, 1.807) is 0 Å². The van der Waals surface area contributed by atoms with Crippen molar-refractivity contribution in [2.75, 3.05) is 26.4 Å². The van der Waals surface area contributed by atoms with Crippen molar-refractivity contribution in [1.82, 2.24) is 0 Å². The molecule has 0 heterocycles. The van der Waals surface area contributed by atoms with Crippen LogP contribution in [0.3, 0.4) is 0 Å². The van der Waals surface area contributed by atoms with Gasteiger partial charge in [-0.1, -0.05) is 121 Å². The topological polar surface area (TPSA) is 149 Å². The summed E-state index contributed by atoms with van der Waals surface area (Å²) in [6, 6.07) is 0. The molecule has 0 aromatic rings. The lowest BCUT2D eigenvalue weighted by atomic mass is 10.1. The molecule has 3 N–H and O–H groups in total. The average Bonchev–Trinajstić information content (AvgIpc) is 3.05. The van der Waals surface area contributed by atoms with Gasteiger partial charge in [-0.05, 0) is 44.9 Å². The lowest BCUT2D eigenvalue weighted by Crippen LogP contribution is -2.29. The highest BCUT2D eigenvalue weighted by atomic mass is 31.2. The van der Waals surface area contributed by atoms with Crippen LogP contribution in [0.25, 0.3) is 0 Å². The summed E-state index contributed by atoms with van der Waals surface area (Å²) in [4.78, 5) is 34.7. The Morgan fingerprint density at radius 2 is 1.17 bits per heavy atom. The first-order chi connectivity index (χ1) is 22.7. The third-order valence-corrected chi connectivity index (χ3v) is 8.26. The van der Waals surface area contributed by atoms with Crippen LogP contribution in [0.1, 0.15) is 142 Å². The summed E-state index contributed by atoms with van der Waals surface area (Å²) in [7, 11) is -4.61. The molecule has 11 heteroatoms. The molecule has 0 aliphatic carbocycles. The lowest BCUT2D eigenvalue weighted by molar-refractivity contribution is -0.161. The molecule has 3 atom stereocenters. The number of phosphoric acid groups is 1. The molecule has 0 aromatic carbocycles. The molecule has 0 bridgehead atoms. The number of allylic oxidation sites excluding steroid dienone is 6. The van der Waals surface area contributed by atoms with Gasteiger partial charge in [-0.3, -0.25) is 18.6 Å². The molecule has 0 radical (unpaired) electrons. The number of phosphoric ester groups is 1. The van der Waals surface area contributed by atoms with Gasteiger partial charge >= 0.3 is 19.8 Å². The summed E-state index contributed by atoms with van der Waals surface area (Å²) in [5.41, 5.74) is 0. The summed E-state index contributed by atoms with van der Waals surface area (Å²) < 4.78 is 32.4. The second kappa shape index (κ2) is 32.7. The SMILES string of the molecule is CC/C=C/C/C=C/C/C=C/CCCCCCCC(=O)OC[C@@H](COP(=O)(O)OC[C@H](O)CO)OC(=O)CCCCCCCCCCC. The number of aliphatic hydroxyl groups is 2. The van der Waals surface area contributed by atoms with Gasteiger partial charge in [0.15, 0.2) is 6.10 Å². The minimum atomic E-state index is -4.61. The Bertz CT molecular complexity index is 889. The largest absolute Gasteiger partial charge is 0.472 e. The quantitative estimate of drug-likeness (QED) is 0.0265. The van der Waals surface area contributed by atoms with Crippen LogP contribution in [-0.4, -0.2) is 65.7 Å². The maximum Gasteiger partial charge on any atom is 0.472 e. The van der Waals surface area contributed by atoms with Gasteiger partial charge in [0.05, 0.1) is 19.8 Å². The summed E-state index contributed by atoms with van der Waals surface area (Å²) in [5, 5.41) is 18.2. The molecular formula is C36H65O10P. The Kier molecular flexibility index (Phi) is 31.5. The van der Waals surface area contributed by atoms with E-state index in [0.29, 0.717) is 12.8 Å². The first-order valence-electron chi connectivity index (χ1n) is 17.9. The molecule has 0 aromatic heterocycles. The van der Waals surface area contributed by atoms with Crippen molar-refractivity contribution in [2.24, 2.45) is 0 Å². The molecule has 1 unspecified atom stereocenters. The van der Waals surface area contributed by atoms with Crippen LogP contribution in [0.5, 0.6) is 0 Å². The second-order valence-electron chi connectivity index (χ2n) is 11.9. The van der Waals surface area contributed by atoms with E-state index in [1.165, 1.54) is 32.1 Å². The van der Waals surface area contributed by atoms with Gasteiger partial charge in [0.1, 0.15) is 12.7 Å². The van der Waals surface area contributed by atoms with Gasteiger partial charge in [-0.2, -0.15) is 0 Å². The van der Waals surface area contributed by atoms with E-state index in [9.17, 15) is 24.2 Å². The van der Waals surface area contributed by atoms with Crippen molar-refractivity contribution in [3.05, 3.63) is 36.5 Å². The molecule has 0 rings (SSSR count). The van der Waals surface area contributed by atoms with Gasteiger partial charge in [-0.15, -0.1) is 0 Å². The maximum absolute atomic E-state index is 12.5. The van der Waals surface area contributed by atoms with Crippen molar-refractivity contribution in [3.8, 4) is 0 Å². The molecule has 0 saturated heterocycles. The maximum atomic E-state index is 12.5. The van der Waals surface area contributed by atoms with Crippen molar-refractivity contribution in [1.29, 1.82) is 0 Å². The van der Waals surface area contributed by atoms with E-state index in [4.69, 9.17) is 19.1 Å². The van der Waals surface area contributed by atoms with E-state index in [1.807, 2.05) is 0 Å². The molecule has 47 heavy (non-hydrogen) atoms. The first-order valence-corrected chi connectivity index (χ1v) is 19.4. The number of unbranched alkanes of at least 4 members (excludes halogenated alkanes) is 13. The standard InChI is InChI=1S/C36H65O10P/c1-3-5-7-9-11-13-14-15-16-17-18-20-21-23-25-27-35(39)43-31-34(32-45-47(41,42)44-30-33(38)29-37)46-36(40)28-26-24-22-19-12-10-8-6-4-2/h5,7,11,13,15-16,33-34,37-38H,3-4,6,8-10,12,14,17-32H2,1-2H3,(H,41,42)/b7-5+,13-11+,16-15+/t33-,34+/m1/s1. The van der Waals surface area contributed by atoms with Crippen LogP contribution in [0.4, 0.5) is 0 Å². The molecule has 274 valence electrons. The zero-order valence-electron chi connectivity index (χ0n) is 29.2. The predicted molar refractivity (Wildman–Crippen MR) is 187 cm³/mol. The van der Waals surface area contributed by atoms with E-state index in [-0.39, 0.29) is 19.4 Å². The number of carbonyl (C=O) groups is 2. The lowest BCUT2D eigenvalue weighted by Gasteiger charge is -2.20. The van der Waals surface area contributed by atoms with Crippen LogP contribution >= 0.6 is 7.82 Å². The summed E-state index contributed by atoms with van der Waals surface area (Å²) in [6.07, 6.45) is 29.8. The molecule has 0 saturated carbocycles. The predicted octanol–water partition coefficient (Wildman–Crippen LogP) is 8.44. The van der Waals surface area contributed by atoms with Gasteiger partial charge in [-0.25, -0.2) is 4.57 Å². The van der Waals surface area contributed by atoms with Crippen LogP contribution in [-0.2, 0) is 32.7 Å². The van der Waals surface area contributed by atoms with Crippen molar-refractivity contribution < 1.29 is 47.8 Å². The number of esters is 2. The van der Waals surface area contributed by atoms with Crippen molar-refractivity contribution in [3.63, 3.8) is 0 Å². The molecular weight excluding hydrogens is 623 g/mol. The molecule has 0 aliphatic rings. The monoisotopic (exact) mass is 688 g/mol. The molecule has 0 spiro atoms. The Hall–Kier alpha value is -1.81. The zero-order chi connectivity index (χ0) is 34.9. The third kappa shape index (κ3) is 32.5. The van der Waals surface area contributed by atoms with Gasteiger partial charge in [0, 0.05) is 12.8 Å². The first kappa shape index (κ1) is 45.2. The smallest absolute Gasteiger partial charge is 0.462 e. The number of hydrogen-bond donors (Lipinski definition) is 3. The van der Waals surface area contributed by atoms with Crippen LogP contribution in [0, 0.1) is 0 Å². The Balaban J connectivity index is 4.39. The number of ether oxygens (including phenoxy) is 2. The fraction of sp³-hybridized carbons (Fsp3) is 0.778. The highest BCUT2D eigenvalue weighted by Crippen LogP contribution is 2.43. The Labute approximate surface area is 284 Å². The minimum Gasteiger partial charge on any atom is -0.462 e. The van der Waals surface area contributed by atoms with Crippen LogP contribution < -0.4 is 0 Å². The van der Waals surface area contributed by atoms with E-state index in [0.717, 1.165) is 70.6 Å². The minimum absolute atomic E-state index is 0.181. The number of rotatable bonds is 33. The second-order valence-corrected chi connectivity index (χ2v) is 13.3. The number of carbonyl (C=O) groups excluding carboxylic acids is 2. The highest BCUT2D eigenvalue weighted by molar-refractivity contribution is 7.47. The summed E-state index contributed by atoms with van der Waals surface area (Å²) in [5.74, 6) is -0.950. The fourth-order valence-electron chi connectivity index (χ4n) is 4.53. The summed E-state index contributed by atoms with van der Waals surface area (Å²) >= 11 is 0. The molecule has 0 fully saturated rings.